The Labute approximate surface area is 95.0 Å². The molecule has 2 nitrogen and oxygen atoms in total. The Morgan fingerprint density at radius 1 is 1.29 bits per heavy atom. The molecule has 1 saturated heterocycles. The molecule has 1 heterocycles. The zero-order valence-electron chi connectivity index (χ0n) is 7.70. The first kappa shape index (κ1) is 11.6. The van der Waals surface area contributed by atoms with E-state index in [0.717, 1.165) is 30.3 Å². The average Bonchev–Trinajstić information content (AvgIpc) is 2.62. The fourth-order valence-electron chi connectivity index (χ4n) is 1.43. The lowest BCUT2D eigenvalue weighted by atomic mass is 10.3. The van der Waals surface area contributed by atoms with Gasteiger partial charge in [0, 0.05) is 11.6 Å². The highest BCUT2D eigenvalue weighted by Crippen LogP contribution is 2.18. The van der Waals surface area contributed by atoms with Crippen LogP contribution in [0, 0.1) is 0 Å². The Morgan fingerprint density at radius 2 is 2.00 bits per heavy atom. The van der Waals surface area contributed by atoms with Gasteiger partial charge in [-0.1, -0.05) is 11.6 Å². The Kier molecular flexibility index (Phi) is 4.52. The molecule has 2 rings (SSSR count). The summed E-state index contributed by atoms with van der Waals surface area (Å²) in [6, 6.07) is 7.50. The Bertz CT molecular complexity index is 270. The van der Waals surface area contributed by atoms with Crippen molar-refractivity contribution >= 4 is 24.0 Å². The van der Waals surface area contributed by atoms with Gasteiger partial charge in [0.15, 0.2) is 0 Å². The van der Waals surface area contributed by atoms with Crippen LogP contribution in [-0.4, -0.2) is 19.2 Å². The molecule has 1 fully saturated rings. The van der Waals surface area contributed by atoms with Crippen LogP contribution in [0.1, 0.15) is 6.42 Å². The summed E-state index contributed by atoms with van der Waals surface area (Å²) in [6.07, 6.45) is 1.41. The quantitative estimate of drug-likeness (QED) is 0.848. The number of halogens is 2. The minimum absolute atomic E-state index is 0. The van der Waals surface area contributed by atoms with Crippen molar-refractivity contribution in [2.75, 3.05) is 13.1 Å². The molecule has 1 aromatic carbocycles. The highest BCUT2D eigenvalue weighted by molar-refractivity contribution is 6.30. The Hall–Kier alpha value is -0.440. The summed E-state index contributed by atoms with van der Waals surface area (Å²) >= 11 is 5.76. The van der Waals surface area contributed by atoms with Gasteiger partial charge < -0.3 is 10.1 Å². The van der Waals surface area contributed by atoms with Gasteiger partial charge in [-0.05, 0) is 37.2 Å². The predicted octanol–water partition coefficient (Wildman–Crippen LogP) is 2.50. The van der Waals surface area contributed by atoms with E-state index in [9.17, 15) is 0 Å². The molecule has 0 radical (unpaired) electrons. The van der Waals surface area contributed by atoms with Gasteiger partial charge in [-0.2, -0.15) is 0 Å². The first-order chi connectivity index (χ1) is 6.34. The number of hydrogen-bond donors (Lipinski definition) is 1. The smallest absolute Gasteiger partial charge is 0.119 e. The van der Waals surface area contributed by atoms with Crippen LogP contribution < -0.4 is 10.1 Å². The molecule has 0 spiro atoms. The van der Waals surface area contributed by atoms with Crippen molar-refractivity contribution in [2.24, 2.45) is 0 Å². The standard InChI is InChI=1S/C10H12ClNO.ClH/c11-8-1-3-9(4-2-8)13-10-5-6-12-7-10;/h1-4,10,12H,5-7H2;1H/t10-;/m0./s1. The number of hydrogen-bond acceptors (Lipinski definition) is 2. The van der Waals surface area contributed by atoms with Crippen LogP contribution in [0.5, 0.6) is 5.75 Å². The van der Waals surface area contributed by atoms with Crippen LogP contribution in [0.3, 0.4) is 0 Å². The number of benzene rings is 1. The summed E-state index contributed by atoms with van der Waals surface area (Å²) in [5.41, 5.74) is 0. The summed E-state index contributed by atoms with van der Waals surface area (Å²) in [5, 5.41) is 4.00. The molecule has 1 N–H and O–H groups in total. The van der Waals surface area contributed by atoms with Gasteiger partial charge in [-0.25, -0.2) is 0 Å². The van der Waals surface area contributed by atoms with E-state index >= 15 is 0 Å². The van der Waals surface area contributed by atoms with E-state index < -0.39 is 0 Å². The van der Waals surface area contributed by atoms with Gasteiger partial charge in [-0.15, -0.1) is 12.4 Å². The highest BCUT2D eigenvalue weighted by atomic mass is 35.5. The molecular weight excluding hydrogens is 221 g/mol. The second-order valence-electron chi connectivity index (χ2n) is 3.19. The molecule has 1 atom stereocenters. The maximum atomic E-state index is 5.76. The van der Waals surface area contributed by atoms with Gasteiger partial charge >= 0.3 is 0 Å². The van der Waals surface area contributed by atoms with E-state index in [1.165, 1.54) is 0 Å². The van der Waals surface area contributed by atoms with Crippen molar-refractivity contribution in [1.82, 2.24) is 5.32 Å². The molecule has 14 heavy (non-hydrogen) atoms. The lowest BCUT2D eigenvalue weighted by Gasteiger charge is -2.11. The molecule has 0 amide bonds. The van der Waals surface area contributed by atoms with Crippen molar-refractivity contribution in [1.29, 1.82) is 0 Å². The van der Waals surface area contributed by atoms with Gasteiger partial charge in [0.1, 0.15) is 11.9 Å². The SMILES string of the molecule is Cl.Clc1ccc(O[C@H]2CCNC2)cc1. The first-order valence-electron chi connectivity index (χ1n) is 4.47. The summed E-state index contributed by atoms with van der Waals surface area (Å²) in [5.74, 6) is 0.901. The van der Waals surface area contributed by atoms with E-state index in [4.69, 9.17) is 16.3 Å². The van der Waals surface area contributed by atoms with Gasteiger partial charge in [0.2, 0.25) is 0 Å². The minimum Gasteiger partial charge on any atom is -0.489 e. The van der Waals surface area contributed by atoms with Crippen LogP contribution in [0.4, 0.5) is 0 Å². The van der Waals surface area contributed by atoms with E-state index in [1.54, 1.807) is 0 Å². The number of ether oxygens (including phenoxy) is 1. The Balaban J connectivity index is 0.000000980. The Morgan fingerprint density at radius 3 is 2.57 bits per heavy atom. The first-order valence-corrected chi connectivity index (χ1v) is 4.85. The molecule has 0 unspecified atom stereocenters. The van der Waals surface area contributed by atoms with E-state index in [0.29, 0.717) is 6.10 Å². The normalized spacial score (nSPS) is 20.2. The largest absolute Gasteiger partial charge is 0.489 e. The summed E-state index contributed by atoms with van der Waals surface area (Å²) < 4.78 is 5.71. The van der Waals surface area contributed by atoms with Crippen molar-refractivity contribution in [3.8, 4) is 5.75 Å². The highest BCUT2D eigenvalue weighted by Gasteiger charge is 2.15. The lowest BCUT2D eigenvalue weighted by molar-refractivity contribution is 0.223. The van der Waals surface area contributed by atoms with Crippen LogP contribution in [0.25, 0.3) is 0 Å². The number of rotatable bonds is 2. The third-order valence-corrected chi connectivity index (χ3v) is 2.38. The van der Waals surface area contributed by atoms with Crippen LogP contribution >= 0.6 is 24.0 Å². The molecule has 1 aliphatic rings. The van der Waals surface area contributed by atoms with Gasteiger partial charge in [0.25, 0.3) is 0 Å². The summed E-state index contributed by atoms with van der Waals surface area (Å²) in [7, 11) is 0. The zero-order chi connectivity index (χ0) is 9.10. The molecular formula is C10H13Cl2NO. The molecule has 4 heteroatoms. The molecule has 1 aliphatic heterocycles. The fourth-order valence-corrected chi connectivity index (χ4v) is 1.56. The van der Waals surface area contributed by atoms with Crippen molar-refractivity contribution < 1.29 is 4.74 Å². The van der Waals surface area contributed by atoms with Crippen LogP contribution in [0.2, 0.25) is 5.02 Å². The second-order valence-corrected chi connectivity index (χ2v) is 3.62. The zero-order valence-corrected chi connectivity index (χ0v) is 9.27. The maximum absolute atomic E-state index is 5.76. The molecule has 0 saturated carbocycles. The lowest BCUT2D eigenvalue weighted by Crippen LogP contribution is -2.19. The topological polar surface area (TPSA) is 21.3 Å². The molecule has 0 aromatic heterocycles. The van der Waals surface area contributed by atoms with Crippen molar-refractivity contribution in [2.45, 2.75) is 12.5 Å². The van der Waals surface area contributed by atoms with Crippen molar-refractivity contribution in [3.63, 3.8) is 0 Å². The third kappa shape index (κ3) is 3.05. The van der Waals surface area contributed by atoms with Crippen LogP contribution in [-0.2, 0) is 0 Å². The van der Waals surface area contributed by atoms with Gasteiger partial charge in [0.05, 0.1) is 0 Å². The van der Waals surface area contributed by atoms with E-state index in [-0.39, 0.29) is 12.4 Å². The second kappa shape index (κ2) is 5.44. The van der Waals surface area contributed by atoms with E-state index in [1.807, 2.05) is 24.3 Å². The molecule has 0 bridgehead atoms. The van der Waals surface area contributed by atoms with Crippen LogP contribution in [0.15, 0.2) is 24.3 Å². The van der Waals surface area contributed by atoms with E-state index in [2.05, 4.69) is 5.32 Å². The summed E-state index contributed by atoms with van der Waals surface area (Å²) in [4.78, 5) is 0. The van der Waals surface area contributed by atoms with Crippen molar-refractivity contribution in [3.05, 3.63) is 29.3 Å². The monoisotopic (exact) mass is 233 g/mol. The maximum Gasteiger partial charge on any atom is 0.119 e. The molecule has 78 valence electrons. The average molecular weight is 234 g/mol. The fraction of sp³-hybridized carbons (Fsp3) is 0.400. The van der Waals surface area contributed by atoms with Gasteiger partial charge in [-0.3, -0.25) is 0 Å². The molecule has 1 aromatic rings. The summed E-state index contributed by atoms with van der Waals surface area (Å²) in [6.45, 7) is 2.00. The number of nitrogens with one attached hydrogen (secondary N) is 1. The minimum atomic E-state index is 0. The predicted molar refractivity (Wildman–Crippen MR) is 60.6 cm³/mol. The molecule has 0 aliphatic carbocycles. The third-order valence-electron chi connectivity index (χ3n) is 2.13.